The molecule has 0 spiro atoms. The Morgan fingerprint density at radius 1 is 1.12 bits per heavy atom. The lowest BCUT2D eigenvalue weighted by Gasteiger charge is -2.07. The van der Waals surface area contributed by atoms with E-state index in [1.54, 1.807) is 6.20 Å². The fraction of sp³-hybridized carbons (Fsp3) is 0.0909. The number of halogens is 2. The SMILES string of the molecule is COc1nc(Oc2ccccc2Br)ncc1Br. The van der Waals surface area contributed by atoms with Gasteiger partial charge in [-0.05, 0) is 44.0 Å². The summed E-state index contributed by atoms with van der Waals surface area (Å²) in [6, 6.07) is 7.71. The van der Waals surface area contributed by atoms with Gasteiger partial charge in [0, 0.05) is 0 Å². The largest absolute Gasteiger partial charge is 0.480 e. The third-order valence-corrected chi connectivity index (χ3v) is 3.12. The number of rotatable bonds is 3. The predicted molar refractivity (Wildman–Crippen MR) is 70.5 cm³/mol. The van der Waals surface area contributed by atoms with Gasteiger partial charge in [0.05, 0.1) is 22.3 Å². The summed E-state index contributed by atoms with van der Waals surface area (Å²) in [5.41, 5.74) is 0. The fourth-order valence-corrected chi connectivity index (χ4v) is 1.87. The van der Waals surface area contributed by atoms with Gasteiger partial charge in [0.1, 0.15) is 5.75 Å². The van der Waals surface area contributed by atoms with E-state index in [1.807, 2.05) is 24.3 Å². The van der Waals surface area contributed by atoms with Gasteiger partial charge in [0.15, 0.2) is 0 Å². The maximum Gasteiger partial charge on any atom is 0.325 e. The van der Waals surface area contributed by atoms with Crippen molar-refractivity contribution < 1.29 is 9.47 Å². The average molecular weight is 360 g/mol. The van der Waals surface area contributed by atoms with E-state index in [9.17, 15) is 0 Å². The Bertz CT molecular complexity index is 535. The molecule has 6 heteroatoms. The van der Waals surface area contributed by atoms with E-state index in [1.165, 1.54) is 7.11 Å². The van der Waals surface area contributed by atoms with Crippen LogP contribution in [0.3, 0.4) is 0 Å². The lowest BCUT2D eigenvalue weighted by atomic mass is 10.3. The van der Waals surface area contributed by atoms with Crippen molar-refractivity contribution in [1.82, 2.24) is 9.97 Å². The summed E-state index contributed by atoms with van der Waals surface area (Å²) < 4.78 is 12.1. The lowest BCUT2D eigenvalue weighted by molar-refractivity contribution is 0.373. The first-order chi connectivity index (χ1) is 8.20. The second-order valence-electron chi connectivity index (χ2n) is 3.04. The van der Waals surface area contributed by atoms with E-state index in [0.717, 1.165) is 4.47 Å². The van der Waals surface area contributed by atoms with Crippen molar-refractivity contribution in [1.29, 1.82) is 0 Å². The van der Waals surface area contributed by atoms with Gasteiger partial charge in [-0.25, -0.2) is 4.98 Å². The highest BCUT2D eigenvalue weighted by Crippen LogP contribution is 2.29. The molecule has 0 saturated carbocycles. The Kier molecular flexibility index (Phi) is 3.96. The monoisotopic (exact) mass is 358 g/mol. The van der Waals surface area contributed by atoms with Crippen LogP contribution in [0.15, 0.2) is 39.4 Å². The number of hydrogen-bond donors (Lipinski definition) is 0. The summed E-state index contributed by atoms with van der Waals surface area (Å²) in [6.07, 6.45) is 1.58. The van der Waals surface area contributed by atoms with Crippen LogP contribution >= 0.6 is 31.9 Å². The molecule has 0 saturated heterocycles. The molecule has 0 atom stereocenters. The van der Waals surface area contributed by atoms with E-state index < -0.39 is 0 Å². The number of nitrogens with zero attached hydrogens (tertiary/aromatic N) is 2. The van der Waals surface area contributed by atoms with Gasteiger partial charge in [-0.1, -0.05) is 12.1 Å². The minimum atomic E-state index is 0.233. The molecule has 2 rings (SSSR count). The molecule has 2 aromatic rings. The zero-order valence-corrected chi connectivity index (χ0v) is 12.0. The van der Waals surface area contributed by atoms with Crippen molar-refractivity contribution in [3.63, 3.8) is 0 Å². The molecule has 0 N–H and O–H groups in total. The molecule has 0 aliphatic rings. The van der Waals surface area contributed by atoms with E-state index in [2.05, 4.69) is 41.8 Å². The van der Waals surface area contributed by atoms with Crippen molar-refractivity contribution in [3.8, 4) is 17.6 Å². The maximum absolute atomic E-state index is 5.54. The number of benzene rings is 1. The average Bonchev–Trinajstić information content (AvgIpc) is 2.34. The van der Waals surface area contributed by atoms with E-state index in [-0.39, 0.29) is 6.01 Å². The van der Waals surface area contributed by atoms with Crippen LogP contribution in [0.25, 0.3) is 0 Å². The molecule has 0 aliphatic carbocycles. The molecule has 0 amide bonds. The molecule has 88 valence electrons. The highest BCUT2D eigenvalue weighted by Gasteiger charge is 2.08. The number of hydrogen-bond acceptors (Lipinski definition) is 4. The van der Waals surface area contributed by atoms with E-state index in [4.69, 9.17) is 9.47 Å². The molecular formula is C11H8Br2N2O2. The summed E-state index contributed by atoms with van der Waals surface area (Å²) in [5.74, 6) is 1.08. The van der Waals surface area contributed by atoms with Gasteiger partial charge in [0.25, 0.3) is 0 Å². The molecule has 4 nitrogen and oxygen atoms in total. The second kappa shape index (κ2) is 5.46. The third-order valence-electron chi connectivity index (χ3n) is 1.92. The normalized spacial score (nSPS) is 10.1. The molecule has 0 unspecified atom stereocenters. The van der Waals surface area contributed by atoms with Crippen LogP contribution in [0.2, 0.25) is 0 Å². The van der Waals surface area contributed by atoms with Gasteiger partial charge in [-0.3, -0.25) is 0 Å². The predicted octanol–water partition coefficient (Wildman–Crippen LogP) is 3.80. The van der Waals surface area contributed by atoms with Crippen LogP contribution < -0.4 is 9.47 Å². The standard InChI is InChI=1S/C11H8Br2N2O2/c1-16-10-8(13)6-14-11(15-10)17-9-5-3-2-4-7(9)12/h2-6H,1H3. The zero-order valence-electron chi connectivity index (χ0n) is 8.85. The maximum atomic E-state index is 5.54. The van der Waals surface area contributed by atoms with Gasteiger partial charge >= 0.3 is 6.01 Å². The van der Waals surface area contributed by atoms with Gasteiger partial charge < -0.3 is 9.47 Å². The van der Waals surface area contributed by atoms with Gasteiger partial charge in [0.2, 0.25) is 5.88 Å². The molecule has 0 fully saturated rings. The summed E-state index contributed by atoms with van der Waals surface area (Å²) in [6.45, 7) is 0. The smallest absolute Gasteiger partial charge is 0.325 e. The van der Waals surface area contributed by atoms with Crippen molar-refractivity contribution in [2.75, 3.05) is 7.11 Å². The number of ether oxygens (including phenoxy) is 2. The Hall–Kier alpha value is -1.14. The third kappa shape index (κ3) is 2.95. The van der Waals surface area contributed by atoms with Crippen LogP contribution in [0, 0.1) is 0 Å². The van der Waals surface area contributed by atoms with Crippen LogP contribution in [0.4, 0.5) is 0 Å². The summed E-state index contributed by atoms with van der Waals surface area (Å²) in [5, 5.41) is 0. The van der Waals surface area contributed by atoms with Crippen molar-refractivity contribution in [2.45, 2.75) is 0 Å². The van der Waals surface area contributed by atoms with Crippen LogP contribution in [-0.4, -0.2) is 17.1 Å². The topological polar surface area (TPSA) is 44.2 Å². The molecule has 0 bridgehead atoms. The van der Waals surface area contributed by atoms with Crippen molar-refractivity contribution in [3.05, 3.63) is 39.4 Å². The minimum absolute atomic E-state index is 0.233. The van der Waals surface area contributed by atoms with Crippen LogP contribution in [0.1, 0.15) is 0 Å². The Morgan fingerprint density at radius 3 is 2.59 bits per heavy atom. The minimum Gasteiger partial charge on any atom is -0.480 e. The zero-order chi connectivity index (χ0) is 12.3. The second-order valence-corrected chi connectivity index (χ2v) is 4.75. The first-order valence-corrected chi connectivity index (χ1v) is 6.28. The molecule has 0 radical (unpaired) electrons. The molecule has 17 heavy (non-hydrogen) atoms. The Labute approximate surface area is 115 Å². The molecule has 1 aromatic heterocycles. The van der Waals surface area contributed by atoms with E-state index in [0.29, 0.717) is 16.1 Å². The van der Waals surface area contributed by atoms with Crippen molar-refractivity contribution in [2.24, 2.45) is 0 Å². The number of para-hydroxylation sites is 1. The molecule has 0 aliphatic heterocycles. The first-order valence-electron chi connectivity index (χ1n) is 4.69. The quantitative estimate of drug-likeness (QED) is 0.835. The summed E-state index contributed by atoms with van der Waals surface area (Å²) in [7, 11) is 1.54. The Balaban J connectivity index is 2.28. The number of methoxy groups -OCH3 is 1. The Morgan fingerprint density at radius 2 is 1.88 bits per heavy atom. The van der Waals surface area contributed by atoms with Crippen molar-refractivity contribution >= 4 is 31.9 Å². The molecular weight excluding hydrogens is 352 g/mol. The highest BCUT2D eigenvalue weighted by atomic mass is 79.9. The lowest BCUT2D eigenvalue weighted by Crippen LogP contribution is -1.96. The van der Waals surface area contributed by atoms with E-state index >= 15 is 0 Å². The fourth-order valence-electron chi connectivity index (χ4n) is 1.15. The van der Waals surface area contributed by atoms with Gasteiger partial charge in [-0.2, -0.15) is 4.98 Å². The molecule has 1 aromatic carbocycles. The van der Waals surface area contributed by atoms with Crippen LogP contribution in [0.5, 0.6) is 17.6 Å². The van der Waals surface area contributed by atoms with Crippen LogP contribution in [-0.2, 0) is 0 Å². The first kappa shape index (κ1) is 12.3. The highest BCUT2D eigenvalue weighted by molar-refractivity contribution is 9.10. The van der Waals surface area contributed by atoms with Gasteiger partial charge in [-0.15, -0.1) is 0 Å². The summed E-state index contributed by atoms with van der Waals surface area (Å²) in [4.78, 5) is 8.15. The summed E-state index contributed by atoms with van der Waals surface area (Å²) >= 11 is 6.66. The number of aromatic nitrogens is 2. The molecule has 1 heterocycles.